The van der Waals surface area contributed by atoms with Gasteiger partial charge >= 0.3 is 0 Å². The summed E-state index contributed by atoms with van der Waals surface area (Å²) >= 11 is 7.72. The van der Waals surface area contributed by atoms with Crippen molar-refractivity contribution in [3.8, 4) is 17.2 Å². The van der Waals surface area contributed by atoms with Crippen LogP contribution in [0.2, 0.25) is 5.02 Å². The average molecular weight is 988 g/mol. The number of anilines is 1. The Bertz CT molecular complexity index is 2790. The molecule has 5 aromatic rings. The van der Waals surface area contributed by atoms with Crippen molar-refractivity contribution in [2.24, 2.45) is 11.3 Å². The van der Waals surface area contributed by atoms with Crippen LogP contribution in [0.5, 0.6) is 17.2 Å². The number of fused-ring (bicyclic) bond motifs is 2. The van der Waals surface area contributed by atoms with E-state index in [1.807, 2.05) is 13.8 Å². The van der Waals surface area contributed by atoms with Gasteiger partial charge in [0, 0.05) is 66.5 Å². The van der Waals surface area contributed by atoms with Gasteiger partial charge in [-0.05, 0) is 112 Å². The van der Waals surface area contributed by atoms with Crippen LogP contribution in [-0.2, 0) is 14.8 Å². The molecule has 0 bridgehead atoms. The third-order valence-electron chi connectivity index (χ3n) is 14.4. The van der Waals surface area contributed by atoms with E-state index in [-0.39, 0.29) is 56.9 Å². The molecule has 1 spiro atoms. The molecule has 4 N–H and O–H groups in total. The molecule has 2 aliphatic carbocycles. The van der Waals surface area contributed by atoms with E-state index in [1.54, 1.807) is 24.4 Å². The number of hydrogen-bond donors (Lipinski definition) is 4. The molecule has 4 heterocycles. The number of nitro groups is 1. The lowest BCUT2D eigenvalue weighted by Crippen LogP contribution is -2.54. The number of piperidine rings is 1. The molecule has 2 aliphatic heterocycles. The minimum absolute atomic E-state index is 0.0611. The van der Waals surface area contributed by atoms with Gasteiger partial charge in [-0.2, -0.15) is 0 Å². The SMILES string of the molecule is CCOC[C@@H](NC1CC2(CCN(c3ccc(C(=O)NS(=O)(=O)c4cc5c(c([N+](=O)[O-])c4)S[C@@H]([C@H]4CC[C@](C)(O)CC4)CO5)c(Oc4cnc5[nH]cc(Cl)c5c4)c3)CC2)C1)c1ccccc1C(C)C. The molecule has 1 amide bonds. The normalized spacial score (nSPS) is 22.1. The zero-order chi connectivity index (χ0) is 48.0. The molecule has 0 radical (unpaired) electrons. The van der Waals surface area contributed by atoms with Gasteiger partial charge in [0.1, 0.15) is 34.4 Å². The minimum atomic E-state index is -4.67. The molecule has 0 unspecified atom stereocenters. The van der Waals surface area contributed by atoms with Crippen molar-refractivity contribution in [3.05, 3.63) is 105 Å². The number of nitro benzene ring substituents is 1. The van der Waals surface area contributed by atoms with Crippen molar-refractivity contribution in [3.63, 3.8) is 0 Å². The standard InChI is InChI=1S/C50H59ClN6O9S2/c1-5-64-28-41(37-9-7-6-8-36(37)30(2)3)54-32-24-50(25-32)16-18-56(19-17-50)33-10-11-38(43(20-33)66-34-21-39-40(51)27-53-47(39)52-26-34)48(58)55-68(62,63)35-22-42(57(60)61)46-44(23-35)65-29-45(67-46)31-12-14-49(4,59)15-13-31/h6-11,20-23,26-27,30-32,41,45,54,59H,5,12-19,24-25,28-29H2,1-4H3,(H,52,53)(H,55,58)/t31-,41-,45-,49-/m1/s1. The van der Waals surface area contributed by atoms with Crippen molar-refractivity contribution in [1.29, 1.82) is 0 Å². The van der Waals surface area contributed by atoms with Crippen LogP contribution in [0.25, 0.3) is 11.0 Å². The number of carbonyl (C=O) groups is 1. The molecule has 2 aromatic heterocycles. The number of aromatic amines is 1. The predicted molar refractivity (Wildman–Crippen MR) is 263 cm³/mol. The predicted octanol–water partition coefficient (Wildman–Crippen LogP) is 10.1. The van der Waals surface area contributed by atoms with Crippen molar-refractivity contribution >= 4 is 61.7 Å². The van der Waals surface area contributed by atoms with E-state index in [9.17, 15) is 28.4 Å². The number of nitrogens with zero attached hydrogens (tertiary/aromatic N) is 3. The smallest absolute Gasteiger partial charge is 0.288 e. The van der Waals surface area contributed by atoms with E-state index in [4.69, 9.17) is 25.8 Å². The third-order valence-corrected chi connectivity index (χ3v) is 17.5. The second-order valence-electron chi connectivity index (χ2n) is 19.5. The molecule has 15 nitrogen and oxygen atoms in total. The number of aliphatic hydroxyl groups is 1. The quantitative estimate of drug-likeness (QED) is 0.0572. The van der Waals surface area contributed by atoms with Crippen molar-refractivity contribution in [1.82, 2.24) is 20.0 Å². The summed E-state index contributed by atoms with van der Waals surface area (Å²) in [7, 11) is -4.67. The molecular formula is C50H59ClN6O9S2. The number of ether oxygens (including phenoxy) is 3. The summed E-state index contributed by atoms with van der Waals surface area (Å²) in [5.41, 5.74) is 2.94. The number of hydrogen-bond acceptors (Lipinski definition) is 13. The van der Waals surface area contributed by atoms with Gasteiger partial charge in [0.2, 0.25) is 0 Å². The number of rotatable bonds is 15. The monoisotopic (exact) mass is 986 g/mol. The topological polar surface area (TPSA) is 198 Å². The summed E-state index contributed by atoms with van der Waals surface area (Å²) in [5.74, 6) is 0.000168. The van der Waals surface area contributed by atoms with Gasteiger partial charge in [0.25, 0.3) is 21.6 Å². The molecule has 362 valence electrons. The highest BCUT2D eigenvalue weighted by Gasteiger charge is 2.47. The molecule has 3 fully saturated rings. The maximum absolute atomic E-state index is 14.1. The first-order chi connectivity index (χ1) is 32.5. The number of carbonyl (C=O) groups excluding carboxylic acids is 1. The van der Waals surface area contributed by atoms with Crippen molar-refractivity contribution in [2.45, 2.75) is 118 Å². The largest absolute Gasteiger partial charge is 0.491 e. The van der Waals surface area contributed by atoms with Crippen LogP contribution in [0.15, 0.2) is 82.8 Å². The van der Waals surface area contributed by atoms with Gasteiger partial charge < -0.3 is 34.5 Å². The number of pyridine rings is 1. The van der Waals surface area contributed by atoms with E-state index >= 15 is 0 Å². The number of amides is 1. The van der Waals surface area contributed by atoms with Gasteiger partial charge in [-0.1, -0.05) is 49.7 Å². The zero-order valence-corrected chi connectivity index (χ0v) is 41.1. The maximum Gasteiger partial charge on any atom is 0.288 e. The summed E-state index contributed by atoms with van der Waals surface area (Å²) in [6.45, 7) is 11.3. The summed E-state index contributed by atoms with van der Waals surface area (Å²) in [6.07, 6.45) is 9.91. The number of benzene rings is 3. The Balaban J connectivity index is 0.917. The molecule has 1 saturated heterocycles. The number of H-pyrrole nitrogens is 1. The van der Waals surface area contributed by atoms with Crippen LogP contribution in [0.1, 0.15) is 113 Å². The number of nitrogens with one attached hydrogen (secondary N) is 3. The highest BCUT2D eigenvalue weighted by molar-refractivity contribution is 8.00. The molecule has 4 aliphatic rings. The van der Waals surface area contributed by atoms with E-state index in [0.29, 0.717) is 54.1 Å². The second-order valence-corrected chi connectivity index (χ2v) is 22.8. The Morgan fingerprint density at radius 3 is 2.53 bits per heavy atom. The van der Waals surface area contributed by atoms with Gasteiger partial charge in [0.15, 0.2) is 0 Å². The van der Waals surface area contributed by atoms with E-state index in [1.165, 1.54) is 41.2 Å². The van der Waals surface area contributed by atoms with Gasteiger partial charge in [-0.15, -0.1) is 11.8 Å². The Labute approximate surface area is 406 Å². The first-order valence-electron chi connectivity index (χ1n) is 23.5. The molecule has 2 atom stereocenters. The summed E-state index contributed by atoms with van der Waals surface area (Å²) in [5, 5.41) is 27.8. The fourth-order valence-corrected chi connectivity index (χ4v) is 13.1. The first kappa shape index (κ1) is 48.1. The van der Waals surface area contributed by atoms with E-state index in [0.717, 1.165) is 63.4 Å². The fraction of sp³-hybridized carbons (Fsp3) is 0.480. The van der Waals surface area contributed by atoms with Crippen LogP contribution in [0.4, 0.5) is 11.4 Å². The van der Waals surface area contributed by atoms with Crippen LogP contribution < -0.4 is 24.4 Å². The molecule has 68 heavy (non-hydrogen) atoms. The molecular weight excluding hydrogens is 928 g/mol. The molecule has 9 rings (SSSR count). The Morgan fingerprint density at radius 1 is 1.09 bits per heavy atom. The molecule has 18 heteroatoms. The van der Waals surface area contributed by atoms with Crippen LogP contribution >= 0.6 is 23.4 Å². The number of thioether (sulfide) groups is 1. The number of aromatic nitrogens is 2. The van der Waals surface area contributed by atoms with Crippen LogP contribution in [0.3, 0.4) is 0 Å². The van der Waals surface area contributed by atoms with Gasteiger partial charge in [-0.3, -0.25) is 14.9 Å². The lowest BCUT2D eigenvalue weighted by molar-refractivity contribution is -0.388. The highest BCUT2D eigenvalue weighted by atomic mass is 35.5. The lowest BCUT2D eigenvalue weighted by atomic mass is 9.60. The molecule has 2 saturated carbocycles. The summed E-state index contributed by atoms with van der Waals surface area (Å²) in [4.78, 5) is 35.4. The fourth-order valence-electron chi connectivity index (χ4n) is 10.5. The Morgan fingerprint density at radius 2 is 1.82 bits per heavy atom. The Kier molecular flexibility index (Phi) is 13.8. The summed E-state index contributed by atoms with van der Waals surface area (Å²) < 4.78 is 48.5. The van der Waals surface area contributed by atoms with Crippen molar-refractivity contribution in [2.75, 3.05) is 37.8 Å². The number of halogens is 1. The second kappa shape index (κ2) is 19.5. The van der Waals surface area contributed by atoms with E-state index in [2.05, 4.69) is 63.0 Å². The van der Waals surface area contributed by atoms with Crippen molar-refractivity contribution < 1.29 is 37.5 Å². The maximum atomic E-state index is 14.1. The molecule has 3 aromatic carbocycles. The van der Waals surface area contributed by atoms with Crippen LogP contribution in [0, 0.1) is 21.4 Å². The van der Waals surface area contributed by atoms with Gasteiger partial charge in [0.05, 0.1) is 44.9 Å². The minimum Gasteiger partial charge on any atom is -0.491 e. The third kappa shape index (κ3) is 10.2. The zero-order valence-electron chi connectivity index (χ0n) is 38.8. The van der Waals surface area contributed by atoms with E-state index < -0.39 is 37.0 Å². The number of sulfonamides is 1. The summed E-state index contributed by atoms with van der Waals surface area (Å²) in [6, 6.07) is 18.0. The van der Waals surface area contributed by atoms with Crippen LogP contribution in [-0.4, -0.2) is 84.1 Å². The average Bonchev–Trinajstić information content (AvgIpc) is 3.68. The highest BCUT2D eigenvalue weighted by Crippen LogP contribution is 2.51. The lowest BCUT2D eigenvalue weighted by Gasteiger charge is -2.53. The van der Waals surface area contributed by atoms with Gasteiger partial charge in [-0.25, -0.2) is 18.1 Å². The Hall–Kier alpha value is -4.91. The first-order valence-corrected chi connectivity index (χ1v) is 26.3.